The lowest BCUT2D eigenvalue weighted by Gasteiger charge is -2.45. The van der Waals surface area contributed by atoms with Crippen LogP contribution < -0.4 is 0 Å². The van der Waals surface area contributed by atoms with E-state index < -0.39 is 0 Å². The third kappa shape index (κ3) is 1.24. The summed E-state index contributed by atoms with van der Waals surface area (Å²) in [6, 6.07) is 0. The second kappa shape index (κ2) is 3.67. The van der Waals surface area contributed by atoms with Gasteiger partial charge in [-0.25, -0.2) is 0 Å². The van der Waals surface area contributed by atoms with E-state index in [9.17, 15) is 4.79 Å². The Labute approximate surface area is 87.3 Å². The maximum absolute atomic E-state index is 12.1. The van der Waals surface area contributed by atoms with Crippen molar-refractivity contribution in [3.63, 3.8) is 0 Å². The van der Waals surface area contributed by atoms with Gasteiger partial charge in [0, 0.05) is 11.8 Å². The van der Waals surface area contributed by atoms with E-state index >= 15 is 0 Å². The predicted octanol–water partition coefficient (Wildman–Crippen LogP) is 3.57. The first kappa shape index (κ1) is 10.2. The molecule has 2 aliphatic carbocycles. The smallest absolute Gasteiger partial charge is 0.139 e. The summed E-state index contributed by atoms with van der Waals surface area (Å²) in [5.74, 6) is 1.94. The molecule has 14 heavy (non-hydrogen) atoms. The summed E-state index contributed by atoms with van der Waals surface area (Å²) in [4.78, 5) is 12.1. The van der Waals surface area contributed by atoms with Gasteiger partial charge in [-0.05, 0) is 37.5 Å². The van der Waals surface area contributed by atoms with Gasteiger partial charge in [0.1, 0.15) is 5.78 Å². The monoisotopic (exact) mass is 194 g/mol. The first-order chi connectivity index (χ1) is 6.71. The van der Waals surface area contributed by atoms with Gasteiger partial charge in [-0.15, -0.1) is 0 Å². The number of hydrogen-bond donors (Lipinski definition) is 0. The highest BCUT2D eigenvalue weighted by atomic mass is 16.1. The molecule has 0 heterocycles. The molecule has 2 aliphatic rings. The van der Waals surface area contributed by atoms with Crippen LogP contribution in [0.5, 0.6) is 0 Å². The summed E-state index contributed by atoms with van der Waals surface area (Å²) < 4.78 is 0. The minimum absolute atomic E-state index is 0.118. The van der Waals surface area contributed by atoms with Crippen molar-refractivity contribution in [1.82, 2.24) is 0 Å². The van der Waals surface area contributed by atoms with E-state index in [-0.39, 0.29) is 5.41 Å². The van der Waals surface area contributed by atoms with Gasteiger partial charge >= 0.3 is 0 Å². The van der Waals surface area contributed by atoms with Crippen LogP contribution >= 0.6 is 0 Å². The van der Waals surface area contributed by atoms with Gasteiger partial charge < -0.3 is 0 Å². The van der Waals surface area contributed by atoms with Crippen LogP contribution in [0.4, 0.5) is 0 Å². The zero-order chi connectivity index (χ0) is 10.2. The van der Waals surface area contributed by atoms with Crippen molar-refractivity contribution in [1.29, 1.82) is 0 Å². The maximum atomic E-state index is 12.1. The van der Waals surface area contributed by atoms with Crippen LogP contribution in [0.25, 0.3) is 0 Å². The Kier molecular flexibility index (Phi) is 2.68. The molecule has 0 bridgehead atoms. The molecule has 0 radical (unpaired) electrons. The highest BCUT2D eigenvalue weighted by Gasteiger charge is 2.51. The van der Waals surface area contributed by atoms with Crippen molar-refractivity contribution in [2.24, 2.45) is 17.3 Å². The Morgan fingerprint density at radius 2 is 2.14 bits per heavy atom. The Morgan fingerprint density at radius 1 is 1.36 bits per heavy atom. The Balaban J connectivity index is 2.29. The molecular formula is C13H22O. The maximum Gasteiger partial charge on any atom is 0.139 e. The zero-order valence-corrected chi connectivity index (χ0v) is 9.51. The lowest BCUT2D eigenvalue weighted by atomic mass is 9.58. The number of hydrogen-bond acceptors (Lipinski definition) is 1. The highest BCUT2D eigenvalue weighted by molar-refractivity contribution is 5.87. The summed E-state index contributed by atoms with van der Waals surface area (Å²) in [5, 5.41) is 0. The van der Waals surface area contributed by atoms with Crippen molar-refractivity contribution in [2.75, 3.05) is 0 Å². The quantitative estimate of drug-likeness (QED) is 0.623. The first-order valence-corrected chi connectivity index (χ1v) is 6.25. The summed E-state index contributed by atoms with van der Waals surface area (Å²) in [6.45, 7) is 4.57. The molecule has 0 aliphatic heterocycles. The van der Waals surface area contributed by atoms with E-state index in [0.29, 0.717) is 17.6 Å². The normalized spacial score (nSPS) is 43.4. The molecule has 0 saturated heterocycles. The molecule has 2 saturated carbocycles. The molecule has 0 aromatic rings. The minimum atomic E-state index is 0.118. The topological polar surface area (TPSA) is 17.1 Å². The van der Waals surface area contributed by atoms with Crippen molar-refractivity contribution in [3.8, 4) is 0 Å². The molecule has 1 unspecified atom stereocenters. The minimum Gasteiger partial charge on any atom is -0.299 e. The van der Waals surface area contributed by atoms with Crippen LogP contribution in [0.2, 0.25) is 0 Å². The predicted molar refractivity (Wildman–Crippen MR) is 58.1 cm³/mol. The molecule has 0 aromatic carbocycles. The van der Waals surface area contributed by atoms with Gasteiger partial charge in [0.05, 0.1) is 0 Å². The first-order valence-electron chi connectivity index (χ1n) is 6.25. The van der Waals surface area contributed by atoms with Gasteiger partial charge in [0.15, 0.2) is 0 Å². The van der Waals surface area contributed by atoms with E-state index in [1.807, 2.05) is 0 Å². The van der Waals surface area contributed by atoms with E-state index in [0.717, 1.165) is 12.8 Å². The number of Topliss-reactive ketones (excluding diaryl/α,β-unsaturated/α-hetero) is 1. The van der Waals surface area contributed by atoms with Gasteiger partial charge in [-0.1, -0.05) is 26.7 Å². The average molecular weight is 194 g/mol. The Morgan fingerprint density at radius 3 is 2.71 bits per heavy atom. The lowest BCUT2D eigenvalue weighted by Crippen LogP contribution is -2.43. The van der Waals surface area contributed by atoms with Gasteiger partial charge in [-0.2, -0.15) is 0 Å². The number of rotatable bonds is 1. The summed E-state index contributed by atoms with van der Waals surface area (Å²) in [7, 11) is 0. The van der Waals surface area contributed by atoms with Gasteiger partial charge in [0.2, 0.25) is 0 Å². The standard InChI is InChI=1S/C13H22O/c1-3-11-7-4-6-10(2)13(11)9-5-8-12(13)14/h10-11H,3-9H2,1-2H3/t10-,11-,13?/m1/s1. The Hall–Kier alpha value is -0.330. The van der Waals surface area contributed by atoms with Crippen LogP contribution in [-0.4, -0.2) is 5.78 Å². The fourth-order valence-electron chi connectivity index (χ4n) is 4.02. The van der Waals surface area contributed by atoms with Crippen molar-refractivity contribution in [2.45, 2.75) is 58.8 Å². The molecule has 1 nitrogen and oxygen atoms in total. The molecule has 2 fully saturated rings. The molecule has 3 atom stereocenters. The molecule has 0 aromatic heterocycles. The number of carbonyl (C=O) groups excluding carboxylic acids is 1. The molecular weight excluding hydrogens is 172 g/mol. The average Bonchev–Trinajstić information content (AvgIpc) is 2.55. The zero-order valence-electron chi connectivity index (χ0n) is 9.51. The fraction of sp³-hybridized carbons (Fsp3) is 0.923. The number of carbonyl (C=O) groups is 1. The summed E-state index contributed by atoms with van der Waals surface area (Å²) >= 11 is 0. The summed E-state index contributed by atoms with van der Waals surface area (Å²) in [6.07, 6.45) is 8.33. The Bertz CT molecular complexity index is 233. The largest absolute Gasteiger partial charge is 0.299 e. The summed E-state index contributed by atoms with van der Waals surface area (Å²) in [5.41, 5.74) is 0.118. The SMILES string of the molecule is CC[C@@H]1CCC[C@@H](C)C12CCCC2=O. The number of ketones is 1. The van der Waals surface area contributed by atoms with Crippen LogP contribution in [0.1, 0.15) is 58.8 Å². The highest BCUT2D eigenvalue weighted by Crippen LogP contribution is 2.54. The molecule has 80 valence electrons. The van der Waals surface area contributed by atoms with Crippen molar-refractivity contribution >= 4 is 5.78 Å². The fourth-order valence-corrected chi connectivity index (χ4v) is 4.02. The molecule has 1 heteroatoms. The molecule has 1 spiro atoms. The second-order valence-electron chi connectivity index (χ2n) is 5.25. The molecule has 0 N–H and O–H groups in total. The second-order valence-corrected chi connectivity index (χ2v) is 5.25. The third-order valence-corrected chi connectivity index (χ3v) is 4.80. The van der Waals surface area contributed by atoms with E-state index in [1.54, 1.807) is 0 Å². The van der Waals surface area contributed by atoms with Crippen LogP contribution in [0.15, 0.2) is 0 Å². The van der Waals surface area contributed by atoms with Crippen molar-refractivity contribution in [3.05, 3.63) is 0 Å². The van der Waals surface area contributed by atoms with Crippen LogP contribution in [0, 0.1) is 17.3 Å². The van der Waals surface area contributed by atoms with E-state index in [1.165, 1.54) is 32.1 Å². The van der Waals surface area contributed by atoms with Gasteiger partial charge in [-0.3, -0.25) is 4.79 Å². The van der Waals surface area contributed by atoms with E-state index in [2.05, 4.69) is 13.8 Å². The third-order valence-electron chi connectivity index (χ3n) is 4.80. The lowest BCUT2D eigenvalue weighted by molar-refractivity contribution is -0.134. The van der Waals surface area contributed by atoms with Crippen molar-refractivity contribution < 1.29 is 4.79 Å². The van der Waals surface area contributed by atoms with Crippen LogP contribution in [0.3, 0.4) is 0 Å². The molecule has 2 rings (SSSR count). The van der Waals surface area contributed by atoms with Gasteiger partial charge in [0.25, 0.3) is 0 Å². The van der Waals surface area contributed by atoms with Crippen LogP contribution in [-0.2, 0) is 4.79 Å². The van der Waals surface area contributed by atoms with E-state index in [4.69, 9.17) is 0 Å². The molecule has 0 amide bonds.